The summed E-state index contributed by atoms with van der Waals surface area (Å²) >= 11 is 12.1. The number of halogens is 2. The van der Waals surface area contributed by atoms with E-state index >= 15 is 0 Å². The molecule has 0 atom stereocenters. The number of carbonyl (C=O) groups excluding carboxylic acids is 1. The third-order valence-electron chi connectivity index (χ3n) is 4.04. The van der Waals surface area contributed by atoms with Crippen LogP contribution in [0.15, 0.2) is 47.1 Å². The fraction of sp³-hybridized carbons (Fsp3) is 0.182. The highest BCUT2D eigenvalue weighted by molar-refractivity contribution is 6.36. The molecular weight excluding hydrogens is 411 g/mol. The van der Waals surface area contributed by atoms with Crippen LogP contribution in [0.1, 0.15) is 19.4 Å². The monoisotopic (exact) mass is 428 g/mol. The lowest BCUT2D eigenvalue weighted by Crippen LogP contribution is -2.21. The maximum Gasteiger partial charge on any atom is 0.280 e. The maximum atomic E-state index is 12.9. The molecule has 1 heterocycles. The van der Waals surface area contributed by atoms with E-state index in [0.29, 0.717) is 45.1 Å². The summed E-state index contributed by atoms with van der Waals surface area (Å²) in [6.07, 6.45) is 7.00. The Morgan fingerprint density at radius 2 is 1.86 bits per heavy atom. The van der Waals surface area contributed by atoms with Gasteiger partial charge in [0, 0.05) is 10.0 Å². The van der Waals surface area contributed by atoms with Crippen LogP contribution in [0.4, 0.5) is 5.69 Å². The first kappa shape index (κ1) is 20.8. The number of anilines is 1. The molecular formula is C22H18Cl2N2O3. The van der Waals surface area contributed by atoms with Crippen molar-refractivity contribution in [1.29, 1.82) is 0 Å². The smallest absolute Gasteiger partial charge is 0.280 e. The number of benzene rings is 2. The fourth-order valence-electron chi connectivity index (χ4n) is 2.81. The van der Waals surface area contributed by atoms with E-state index in [9.17, 15) is 4.79 Å². The minimum atomic E-state index is -0.272. The van der Waals surface area contributed by atoms with Crippen LogP contribution in [0.3, 0.4) is 0 Å². The van der Waals surface area contributed by atoms with E-state index in [1.165, 1.54) is 5.01 Å². The number of hydrogen-bond donors (Lipinski definition) is 0. The first-order valence-electron chi connectivity index (χ1n) is 8.84. The Balaban J connectivity index is 1.92. The highest BCUT2D eigenvalue weighted by Crippen LogP contribution is 2.32. The Morgan fingerprint density at radius 3 is 2.52 bits per heavy atom. The standard InChI is InChI=1S/C22H18Cl2N2O3/c1-4-8-29-20-7-6-15(10-21(20)28-5-2)9-19-14(3)25-26(22(19)27)18-12-16(23)11-17(24)13-18/h1,6-7,9-13H,5,8H2,2-3H3/b19-9-. The molecule has 0 fully saturated rings. The summed E-state index contributed by atoms with van der Waals surface area (Å²) in [5.41, 5.74) is 2.31. The van der Waals surface area contributed by atoms with E-state index in [4.69, 9.17) is 39.1 Å². The molecule has 29 heavy (non-hydrogen) atoms. The molecule has 0 saturated carbocycles. The van der Waals surface area contributed by atoms with Crippen LogP contribution in [0, 0.1) is 12.3 Å². The molecule has 0 radical (unpaired) electrons. The lowest BCUT2D eigenvalue weighted by atomic mass is 10.1. The van der Waals surface area contributed by atoms with Crippen molar-refractivity contribution in [2.75, 3.05) is 18.2 Å². The molecule has 0 aliphatic carbocycles. The quantitative estimate of drug-likeness (QED) is 0.468. The molecule has 3 rings (SSSR count). The number of carbonyl (C=O) groups is 1. The van der Waals surface area contributed by atoms with Gasteiger partial charge < -0.3 is 9.47 Å². The average molecular weight is 429 g/mol. The Morgan fingerprint density at radius 1 is 1.14 bits per heavy atom. The number of nitrogens with zero attached hydrogens (tertiary/aromatic N) is 2. The molecule has 0 bridgehead atoms. The van der Waals surface area contributed by atoms with Crippen molar-refractivity contribution in [3.63, 3.8) is 0 Å². The SMILES string of the molecule is C#CCOc1ccc(/C=C2\C(=O)N(c3cc(Cl)cc(Cl)c3)N=C2C)cc1OCC. The number of rotatable bonds is 6. The van der Waals surface area contributed by atoms with Crippen LogP contribution in [0.2, 0.25) is 10.0 Å². The van der Waals surface area contributed by atoms with Crippen molar-refractivity contribution in [3.05, 3.63) is 57.6 Å². The van der Waals surface area contributed by atoms with Crippen LogP contribution in [-0.2, 0) is 4.79 Å². The van der Waals surface area contributed by atoms with Gasteiger partial charge in [0.15, 0.2) is 11.5 Å². The van der Waals surface area contributed by atoms with Crippen molar-refractivity contribution in [2.24, 2.45) is 5.10 Å². The second kappa shape index (κ2) is 9.04. The van der Waals surface area contributed by atoms with Crippen molar-refractivity contribution in [3.8, 4) is 23.8 Å². The Labute approximate surface area is 179 Å². The van der Waals surface area contributed by atoms with Gasteiger partial charge in [-0.2, -0.15) is 10.1 Å². The maximum absolute atomic E-state index is 12.9. The van der Waals surface area contributed by atoms with Gasteiger partial charge in [0.1, 0.15) is 6.61 Å². The summed E-state index contributed by atoms with van der Waals surface area (Å²) in [5, 5.41) is 6.49. The predicted octanol–water partition coefficient (Wildman–Crippen LogP) is 5.21. The van der Waals surface area contributed by atoms with Crippen molar-refractivity contribution >= 4 is 46.6 Å². The van der Waals surface area contributed by atoms with E-state index in [0.717, 1.165) is 5.56 Å². The Kier molecular flexibility index (Phi) is 6.48. The molecule has 2 aromatic rings. The van der Waals surface area contributed by atoms with Crippen LogP contribution in [0.25, 0.3) is 6.08 Å². The van der Waals surface area contributed by atoms with Gasteiger partial charge in [-0.15, -0.1) is 6.42 Å². The number of hydrogen-bond acceptors (Lipinski definition) is 4. The Bertz CT molecular complexity index is 1030. The molecule has 148 valence electrons. The van der Waals surface area contributed by atoms with Gasteiger partial charge in [0.05, 0.1) is 23.6 Å². The zero-order valence-electron chi connectivity index (χ0n) is 15.9. The molecule has 0 saturated heterocycles. The number of amides is 1. The Hall–Kier alpha value is -2.94. The molecule has 7 heteroatoms. The van der Waals surface area contributed by atoms with Crippen LogP contribution in [0.5, 0.6) is 11.5 Å². The van der Waals surface area contributed by atoms with E-state index in [2.05, 4.69) is 11.0 Å². The van der Waals surface area contributed by atoms with E-state index < -0.39 is 0 Å². The zero-order valence-corrected chi connectivity index (χ0v) is 17.4. The molecule has 0 aromatic heterocycles. The summed E-state index contributed by atoms with van der Waals surface area (Å²) in [6.45, 7) is 4.25. The van der Waals surface area contributed by atoms with E-state index in [1.54, 1.807) is 43.3 Å². The molecule has 2 aromatic carbocycles. The first-order chi connectivity index (χ1) is 13.9. The lowest BCUT2D eigenvalue weighted by molar-refractivity contribution is -0.114. The summed E-state index contributed by atoms with van der Waals surface area (Å²) < 4.78 is 11.1. The molecule has 1 aliphatic heterocycles. The van der Waals surface area contributed by atoms with Gasteiger partial charge in [0.2, 0.25) is 0 Å². The summed E-state index contributed by atoms with van der Waals surface area (Å²) in [4.78, 5) is 12.9. The van der Waals surface area contributed by atoms with Crippen LogP contribution in [-0.4, -0.2) is 24.8 Å². The lowest BCUT2D eigenvalue weighted by Gasteiger charge is -2.13. The minimum absolute atomic E-state index is 0.141. The molecule has 5 nitrogen and oxygen atoms in total. The first-order valence-corrected chi connectivity index (χ1v) is 9.59. The van der Waals surface area contributed by atoms with Gasteiger partial charge in [-0.05, 0) is 55.8 Å². The molecule has 0 N–H and O–H groups in total. The average Bonchev–Trinajstić information content (AvgIpc) is 2.95. The van der Waals surface area contributed by atoms with Gasteiger partial charge in [-0.1, -0.05) is 35.2 Å². The topological polar surface area (TPSA) is 51.1 Å². The largest absolute Gasteiger partial charge is 0.490 e. The second-order valence-corrected chi connectivity index (χ2v) is 6.99. The van der Waals surface area contributed by atoms with Crippen LogP contribution >= 0.6 is 23.2 Å². The van der Waals surface area contributed by atoms with E-state index in [1.807, 2.05) is 13.0 Å². The highest BCUT2D eigenvalue weighted by Gasteiger charge is 2.29. The number of terminal acetylenes is 1. The van der Waals surface area contributed by atoms with Gasteiger partial charge >= 0.3 is 0 Å². The normalized spacial score (nSPS) is 14.7. The van der Waals surface area contributed by atoms with Crippen LogP contribution < -0.4 is 14.5 Å². The van der Waals surface area contributed by atoms with Crippen molar-refractivity contribution in [2.45, 2.75) is 13.8 Å². The van der Waals surface area contributed by atoms with Crippen molar-refractivity contribution in [1.82, 2.24) is 0 Å². The van der Waals surface area contributed by atoms with Crippen molar-refractivity contribution < 1.29 is 14.3 Å². The third kappa shape index (κ3) is 4.73. The third-order valence-corrected chi connectivity index (χ3v) is 4.48. The molecule has 0 spiro atoms. The molecule has 0 unspecified atom stereocenters. The fourth-order valence-corrected chi connectivity index (χ4v) is 3.32. The molecule has 1 amide bonds. The number of ether oxygens (including phenoxy) is 2. The predicted molar refractivity (Wildman–Crippen MR) is 117 cm³/mol. The zero-order chi connectivity index (χ0) is 21.0. The van der Waals surface area contributed by atoms with Gasteiger partial charge in [-0.25, -0.2) is 0 Å². The number of hydrazone groups is 1. The molecule has 1 aliphatic rings. The summed E-state index contributed by atoms with van der Waals surface area (Å²) in [6, 6.07) is 10.2. The van der Waals surface area contributed by atoms with Gasteiger partial charge in [0.25, 0.3) is 5.91 Å². The highest BCUT2D eigenvalue weighted by atomic mass is 35.5. The summed E-state index contributed by atoms with van der Waals surface area (Å²) in [7, 11) is 0. The van der Waals surface area contributed by atoms with Gasteiger partial charge in [-0.3, -0.25) is 4.79 Å². The second-order valence-electron chi connectivity index (χ2n) is 6.12. The summed E-state index contributed by atoms with van der Waals surface area (Å²) in [5.74, 6) is 3.25. The van der Waals surface area contributed by atoms with E-state index in [-0.39, 0.29) is 12.5 Å². The minimum Gasteiger partial charge on any atom is -0.490 e.